The van der Waals surface area contributed by atoms with Crippen molar-refractivity contribution in [3.8, 4) is 0 Å². The third kappa shape index (κ3) is 2.79. The summed E-state index contributed by atoms with van der Waals surface area (Å²) >= 11 is 0. The minimum Gasteiger partial charge on any atom is -0.362 e. The van der Waals surface area contributed by atoms with Gasteiger partial charge in [0.15, 0.2) is 0 Å². The molecule has 0 aromatic heterocycles. The molecular formula is C13H20N4O4S. The Morgan fingerprint density at radius 2 is 2.05 bits per heavy atom. The molecule has 1 saturated heterocycles. The van der Waals surface area contributed by atoms with Crippen LogP contribution in [0.1, 0.15) is 13.3 Å². The molecule has 1 aliphatic rings. The topological polar surface area (TPSA) is 110 Å². The number of anilines is 1. The second kappa shape index (κ2) is 5.82. The molecule has 0 radical (unpaired) electrons. The van der Waals surface area contributed by atoms with Gasteiger partial charge in [-0.15, -0.1) is 0 Å². The van der Waals surface area contributed by atoms with Crippen LogP contribution in [-0.2, 0) is 10.0 Å². The molecule has 2 N–H and O–H groups in total. The lowest BCUT2D eigenvalue weighted by molar-refractivity contribution is -0.384. The minimum absolute atomic E-state index is 0.0324. The summed E-state index contributed by atoms with van der Waals surface area (Å²) in [5.74, 6) is 0. The van der Waals surface area contributed by atoms with Gasteiger partial charge in [0.05, 0.1) is 9.82 Å². The Morgan fingerprint density at radius 3 is 2.50 bits per heavy atom. The van der Waals surface area contributed by atoms with Gasteiger partial charge in [-0.25, -0.2) is 12.7 Å². The molecule has 0 spiro atoms. The molecular weight excluding hydrogens is 308 g/mol. The third-order valence-corrected chi connectivity index (χ3v) is 5.86. The SMILES string of the molecule is CC1C(N)CCN1c1ccc(S(=O)(=O)N(C)C)cc1[N+](=O)[O-]. The number of nitrogens with zero attached hydrogens (tertiary/aromatic N) is 3. The van der Waals surface area contributed by atoms with E-state index in [2.05, 4.69) is 0 Å². The molecule has 1 heterocycles. The van der Waals surface area contributed by atoms with Crippen molar-refractivity contribution in [2.75, 3.05) is 25.5 Å². The van der Waals surface area contributed by atoms with Crippen LogP contribution in [0.3, 0.4) is 0 Å². The molecule has 1 fully saturated rings. The van der Waals surface area contributed by atoms with Crippen molar-refractivity contribution in [1.82, 2.24) is 4.31 Å². The van der Waals surface area contributed by atoms with Gasteiger partial charge in [0.2, 0.25) is 10.0 Å². The van der Waals surface area contributed by atoms with Gasteiger partial charge in [-0.3, -0.25) is 10.1 Å². The Hall–Kier alpha value is -1.71. The molecule has 9 heteroatoms. The highest BCUT2D eigenvalue weighted by molar-refractivity contribution is 7.89. The number of benzene rings is 1. The van der Waals surface area contributed by atoms with E-state index in [0.717, 1.165) is 16.8 Å². The molecule has 0 saturated carbocycles. The van der Waals surface area contributed by atoms with Gasteiger partial charge in [0, 0.05) is 38.8 Å². The van der Waals surface area contributed by atoms with Crippen molar-refractivity contribution in [3.63, 3.8) is 0 Å². The zero-order valence-electron chi connectivity index (χ0n) is 12.8. The summed E-state index contributed by atoms with van der Waals surface area (Å²) in [7, 11) is -0.941. The van der Waals surface area contributed by atoms with Gasteiger partial charge in [-0.1, -0.05) is 0 Å². The molecule has 0 amide bonds. The largest absolute Gasteiger partial charge is 0.362 e. The lowest BCUT2D eigenvalue weighted by atomic mass is 10.1. The minimum atomic E-state index is -3.71. The summed E-state index contributed by atoms with van der Waals surface area (Å²) in [4.78, 5) is 12.6. The molecule has 2 rings (SSSR count). The fourth-order valence-corrected chi connectivity index (χ4v) is 3.49. The molecule has 1 aromatic rings. The zero-order chi connectivity index (χ0) is 16.7. The molecule has 0 aliphatic carbocycles. The average molecular weight is 328 g/mol. The quantitative estimate of drug-likeness (QED) is 0.646. The zero-order valence-corrected chi connectivity index (χ0v) is 13.6. The Bertz CT molecular complexity index is 689. The van der Waals surface area contributed by atoms with E-state index >= 15 is 0 Å². The standard InChI is InChI=1S/C13H20N4O4S/c1-9-11(14)6-7-16(9)12-5-4-10(8-13(12)17(18)19)22(20,21)15(2)3/h4-5,8-9,11H,6-7,14H2,1-3H3. The highest BCUT2D eigenvalue weighted by Crippen LogP contribution is 2.35. The summed E-state index contributed by atoms with van der Waals surface area (Å²) in [5, 5.41) is 11.4. The summed E-state index contributed by atoms with van der Waals surface area (Å²) in [6.45, 7) is 2.52. The number of hydrogen-bond donors (Lipinski definition) is 1. The highest BCUT2D eigenvalue weighted by atomic mass is 32.2. The van der Waals surface area contributed by atoms with Crippen LogP contribution >= 0.6 is 0 Å². The third-order valence-electron chi connectivity index (χ3n) is 4.05. The fraction of sp³-hybridized carbons (Fsp3) is 0.538. The monoisotopic (exact) mass is 328 g/mol. The van der Waals surface area contributed by atoms with Crippen LogP contribution in [-0.4, -0.2) is 50.4 Å². The molecule has 1 aromatic carbocycles. The number of nitro benzene ring substituents is 1. The predicted octanol–water partition coefficient (Wildman–Crippen LogP) is 0.771. The first-order chi connectivity index (χ1) is 10.2. The van der Waals surface area contributed by atoms with E-state index in [-0.39, 0.29) is 22.7 Å². The van der Waals surface area contributed by atoms with Gasteiger partial charge < -0.3 is 10.6 Å². The Kier molecular flexibility index (Phi) is 4.41. The van der Waals surface area contributed by atoms with E-state index in [4.69, 9.17) is 5.73 Å². The van der Waals surface area contributed by atoms with E-state index in [1.165, 1.54) is 26.2 Å². The Labute approximate surface area is 129 Å². The Balaban J connectivity index is 2.52. The first kappa shape index (κ1) is 16.7. The Morgan fingerprint density at radius 1 is 1.41 bits per heavy atom. The molecule has 122 valence electrons. The van der Waals surface area contributed by atoms with E-state index in [1.54, 1.807) is 0 Å². The summed E-state index contributed by atoms with van der Waals surface area (Å²) in [6, 6.07) is 3.92. The maximum atomic E-state index is 12.1. The van der Waals surface area contributed by atoms with Crippen LogP contribution in [0.2, 0.25) is 0 Å². The van der Waals surface area contributed by atoms with Gasteiger partial charge in [-0.2, -0.15) is 0 Å². The number of nitro groups is 1. The van der Waals surface area contributed by atoms with Gasteiger partial charge in [0.1, 0.15) is 5.69 Å². The smallest absolute Gasteiger partial charge is 0.293 e. The molecule has 2 unspecified atom stereocenters. The van der Waals surface area contributed by atoms with E-state index in [1.807, 2.05) is 11.8 Å². The first-order valence-corrected chi connectivity index (χ1v) is 8.33. The van der Waals surface area contributed by atoms with Crippen LogP contribution in [0.4, 0.5) is 11.4 Å². The van der Waals surface area contributed by atoms with E-state index in [9.17, 15) is 18.5 Å². The highest BCUT2D eigenvalue weighted by Gasteiger charge is 2.33. The second-order valence-corrected chi connectivity index (χ2v) is 7.73. The molecule has 1 aliphatic heterocycles. The van der Waals surface area contributed by atoms with Crippen LogP contribution in [0.15, 0.2) is 23.1 Å². The second-order valence-electron chi connectivity index (χ2n) is 5.58. The van der Waals surface area contributed by atoms with Crippen LogP contribution in [0.5, 0.6) is 0 Å². The average Bonchev–Trinajstić information content (AvgIpc) is 2.78. The van der Waals surface area contributed by atoms with Crippen LogP contribution < -0.4 is 10.6 Å². The summed E-state index contributed by atoms with van der Waals surface area (Å²) < 4.78 is 25.3. The molecule has 22 heavy (non-hydrogen) atoms. The van der Waals surface area contributed by atoms with E-state index < -0.39 is 14.9 Å². The number of nitrogens with two attached hydrogens (primary N) is 1. The lowest BCUT2D eigenvalue weighted by Gasteiger charge is -2.25. The van der Waals surface area contributed by atoms with Crippen molar-refractivity contribution in [3.05, 3.63) is 28.3 Å². The number of hydrogen-bond acceptors (Lipinski definition) is 6. The van der Waals surface area contributed by atoms with E-state index in [0.29, 0.717) is 12.2 Å². The van der Waals surface area contributed by atoms with Crippen molar-refractivity contribution < 1.29 is 13.3 Å². The summed E-state index contributed by atoms with van der Waals surface area (Å²) in [5.41, 5.74) is 6.14. The predicted molar refractivity (Wildman–Crippen MR) is 83.4 cm³/mol. The van der Waals surface area contributed by atoms with Crippen molar-refractivity contribution >= 4 is 21.4 Å². The molecule has 2 atom stereocenters. The molecule has 8 nitrogen and oxygen atoms in total. The van der Waals surface area contributed by atoms with Crippen LogP contribution in [0, 0.1) is 10.1 Å². The van der Waals surface area contributed by atoms with Crippen molar-refractivity contribution in [2.45, 2.75) is 30.3 Å². The summed E-state index contributed by atoms with van der Waals surface area (Å²) in [6.07, 6.45) is 0.746. The molecule has 0 bridgehead atoms. The lowest BCUT2D eigenvalue weighted by Crippen LogP contribution is -2.37. The van der Waals surface area contributed by atoms with Crippen molar-refractivity contribution in [2.24, 2.45) is 5.73 Å². The number of rotatable bonds is 4. The number of sulfonamides is 1. The fourth-order valence-electron chi connectivity index (χ4n) is 2.57. The maximum Gasteiger partial charge on any atom is 0.293 e. The first-order valence-electron chi connectivity index (χ1n) is 6.89. The maximum absolute atomic E-state index is 12.1. The van der Waals surface area contributed by atoms with Gasteiger partial charge in [-0.05, 0) is 25.5 Å². The van der Waals surface area contributed by atoms with Gasteiger partial charge in [0.25, 0.3) is 5.69 Å². The van der Waals surface area contributed by atoms with Crippen molar-refractivity contribution in [1.29, 1.82) is 0 Å². The normalized spacial score (nSPS) is 22.3. The van der Waals surface area contributed by atoms with Gasteiger partial charge >= 0.3 is 0 Å². The van der Waals surface area contributed by atoms with Crippen LogP contribution in [0.25, 0.3) is 0 Å².